The van der Waals surface area contributed by atoms with E-state index in [0.29, 0.717) is 12.3 Å². The Morgan fingerprint density at radius 1 is 1.32 bits per heavy atom. The Hall–Kier alpha value is -2.12. The van der Waals surface area contributed by atoms with Crippen LogP contribution < -0.4 is 10.6 Å². The molecular formula is C15H19N3O3S. The molecule has 0 atom stereocenters. The lowest BCUT2D eigenvalue weighted by atomic mass is 10.4. The number of furan rings is 1. The molecule has 2 rings (SSSR count). The summed E-state index contributed by atoms with van der Waals surface area (Å²) < 4.78 is 5.10. The Labute approximate surface area is 133 Å². The summed E-state index contributed by atoms with van der Waals surface area (Å²) in [4.78, 5) is 26.7. The summed E-state index contributed by atoms with van der Waals surface area (Å²) in [5.41, 5.74) is 0. The van der Waals surface area contributed by atoms with Gasteiger partial charge >= 0.3 is 6.03 Å². The van der Waals surface area contributed by atoms with E-state index in [9.17, 15) is 9.59 Å². The van der Waals surface area contributed by atoms with Gasteiger partial charge in [-0.1, -0.05) is 13.0 Å². The number of carbonyl (C=O) groups excluding carboxylic acids is 2. The third-order valence-electron chi connectivity index (χ3n) is 3.03. The molecule has 2 heterocycles. The van der Waals surface area contributed by atoms with Gasteiger partial charge < -0.3 is 9.73 Å². The van der Waals surface area contributed by atoms with Gasteiger partial charge in [0.25, 0.3) is 0 Å². The third kappa shape index (κ3) is 5.34. The highest BCUT2D eigenvalue weighted by Gasteiger charge is 2.13. The first-order valence-electron chi connectivity index (χ1n) is 7.02. The van der Waals surface area contributed by atoms with Crippen LogP contribution in [-0.2, 0) is 17.9 Å². The van der Waals surface area contributed by atoms with E-state index in [1.54, 1.807) is 23.5 Å². The van der Waals surface area contributed by atoms with Crippen molar-refractivity contribution in [2.45, 2.75) is 20.0 Å². The minimum absolute atomic E-state index is 0.183. The molecule has 22 heavy (non-hydrogen) atoms. The number of nitrogens with zero attached hydrogens (tertiary/aromatic N) is 1. The minimum Gasteiger partial charge on any atom is -0.467 e. The maximum Gasteiger partial charge on any atom is 0.321 e. The van der Waals surface area contributed by atoms with E-state index in [4.69, 9.17) is 4.42 Å². The van der Waals surface area contributed by atoms with Crippen molar-refractivity contribution in [1.29, 1.82) is 0 Å². The lowest BCUT2D eigenvalue weighted by Crippen LogP contribution is -2.44. The predicted molar refractivity (Wildman–Crippen MR) is 84.4 cm³/mol. The molecule has 3 amide bonds. The van der Waals surface area contributed by atoms with Crippen molar-refractivity contribution in [3.63, 3.8) is 0 Å². The molecule has 0 fully saturated rings. The van der Waals surface area contributed by atoms with E-state index in [2.05, 4.69) is 10.6 Å². The fourth-order valence-corrected chi connectivity index (χ4v) is 2.64. The third-order valence-corrected chi connectivity index (χ3v) is 3.89. The second kappa shape index (κ2) is 8.35. The van der Waals surface area contributed by atoms with Gasteiger partial charge in [-0.15, -0.1) is 11.3 Å². The van der Waals surface area contributed by atoms with Gasteiger partial charge in [-0.3, -0.25) is 15.0 Å². The Morgan fingerprint density at radius 3 is 2.82 bits per heavy atom. The van der Waals surface area contributed by atoms with Gasteiger partial charge in [0.1, 0.15) is 5.76 Å². The second-order valence-electron chi connectivity index (χ2n) is 4.69. The zero-order valence-electron chi connectivity index (χ0n) is 12.4. The molecule has 0 spiro atoms. The summed E-state index contributed by atoms with van der Waals surface area (Å²) in [6.45, 7) is 3.86. The van der Waals surface area contributed by atoms with E-state index in [1.165, 1.54) is 11.1 Å². The van der Waals surface area contributed by atoms with Gasteiger partial charge in [0, 0.05) is 11.4 Å². The van der Waals surface area contributed by atoms with Gasteiger partial charge in [0.2, 0.25) is 5.91 Å². The number of carbonyl (C=O) groups is 2. The number of hydrogen-bond acceptors (Lipinski definition) is 5. The molecule has 0 aromatic carbocycles. The number of nitrogens with one attached hydrogen (secondary N) is 2. The van der Waals surface area contributed by atoms with Gasteiger partial charge in [0.15, 0.2) is 0 Å². The number of amides is 3. The topological polar surface area (TPSA) is 74.6 Å². The fraction of sp³-hybridized carbons (Fsp3) is 0.333. The number of rotatable bonds is 7. The summed E-state index contributed by atoms with van der Waals surface area (Å²) in [5.74, 6) is 0.311. The van der Waals surface area contributed by atoms with Crippen LogP contribution in [0.25, 0.3) is 0 Å². The van der Waals surface area contributed by atoms with E-state index >= 15 is 0 Å². The van der Waals surface area contributed by atoms with Crippen molar-refractivity contribution in [2.75, 3.05) is 13.1 Å². The zero-order valence-corrected chi connectivity index (χ0v) is 13.2. The molecule has 2 N–H and O–H groups in total. The Kier molecular flexibility index (Phi) is 6.17. The molecule has 7 heteroatoms. The first-order valence-corrected chi connectivity index (χ1v) is 7.90. The quantitative estimate of drug-likeness (QED) is 0.820. The molecule has 0 aliphatic rings. The van der Waals surface area contributed by atoms with E-state index < -0.39 is 6.03 Å². The average molecular weight is 321 g/mol. The molecule has 0 bridgehead atoms. The highest BCUT2D eigenvalue weighted by Crippen LogP contribution is 2.11. The maximum absolute atomic E-state index is 11.9. The SMILES string of the molecule is CCN(CC(=O)NC(=O)NCc1ccco1)Cc1cccs1. The summed E-state index contributed by atoms with van der Waals surface area (Å²) >= 11 is 1.65. The average Bonchev–Trinajstić information content (AvgIpc) is 3.17. The standard InChI is InChI=1S/C15H19N3O3S/c1-2-18(10-13-6-4-8-22-13)11-14(19)17-15(20)16-9-12-5-3-7-21-12/h3-8H,2,9-11H2,1H3,(H2,16,17,19,20). The number of thiophene rings is 1. The molecule has 2 aromatic rings. The van der Waals surface area contributed by atoms with Crippen LogP contribution in [0.2, 0.25) is 0 Å². The minimum atomic E-state index is -0.520. The van der Waals surface area contributed by atoms with Gasteiger partial charge in [-0.25, -0.2) is 4.79 Å². The highest BCUT2D eigenvalue weighted by molar-refractivity contribution is 7.09. The molecule has 0 saturated heterocycles. The van der Waals surface area contributed by atoms with Gasteiger partial charge in [-0.2, -0.15) is 0 Å². The lowest BCUT2D eigenvalue weighted by Gasteiger charge is -2.18. The monoisotopic (exact) mass is 321 g/mol. The first kappa shape index (κ1) is 16.3. The van der Waals surface area contributed by atoms with Crippen LogP contribution >= 0.6 is 11.3 Å². The summed E-state index contributed by atoms with van der Waals surface area (Å²) in [7, 11) is 0. The number of urea groups is 1. The van der Waals surface area contributed by atoms with Crippen LogP contribution in [0.3, 0.4) is 0 Å². The molecule has 2 aromatic heterocycles. The normalized spacial score (nSPS) is 10.6. The molecule has 0 radical (unpaired) electrons. The molecule has 118 valence electrons. The number of hydrogen-bond donors (Lipinski definition) is 2. The van der Waals surface area contributed by atoms with Crippen LogP contribution in [0.5, 0.6) is 0 Å². The smallest absolute Gasteiger partial charge is 0.321 e. The number of likely N-dealkylation sites (N-methyl/N-ethyl adjacent to an activating group) is 1. The first-order chi connectivity index (χ1) is 10.7. The van der Waals surface area contributed by atoms with Crippen molar-refractivity contribution in [1.82, 2.24) is 15.5 Å². The molecule has 0 aliphatic heterocycles. The highest BCUT2D eigenvalue weighted by atomic mass is 32.1. The largest absolute Gasteiger partial charge is 0.467 e. The Balaban J connectivity index is 1.72. The van der Waals surface area contributed by atoms with Crippen LogP contribution in [-0.4, -0.2) is 29.9 Å². The predicted octanol–water partition coefficient (Wildman–Crippen LogP) is 2.19. The van der Waals surface area contributed by atoms with Crippen molar-refractivity contribution < 1.29 is 14.0 Å². The van der Waals surface area contributed by atoms with Crippen molar-refractivity contribution in [3.05, 3.63) is 46.5 Å². The number of imide groups is 1. The molecule has 0 unspecified atom stereocenters. The van der Waals surface area contributed by atoms with Crippen molar-refractivity contribution in [2.24, 2.45) is 0 Å². The fourth-order valence-electron chi connectivity index (χ4n) is 1.90. The van der Waals surface area contributed by atoms with Crippen LogP contribution in [0.15, 0.2) is 40.3 Å². The summed E-state index contributed by atoms with van der Waals surface area (Å²) in [5, 5.41) is 6.89. The van der Waals surface area contributed by atoms with E-state index in [1.807, 2.05) is 29.3 Å². The lowest BCUT2D eigenvalue weighted by molar-refractivity contribution is -0.121. The summed E-state index contributed by atoms with van der Waals surface area (Å²) in [6.07, 6.45) is 1.53. The van der Waals surface area contributed by atoms with Crippen LogP contribution in [0.4, 0.5) is 4.79 Å². The van der Waals surface area contributed by atoms with E-state index in [0.717, 1.165) is 6.54 Å². The maximum atomic E-state index is 11.9. The zero-order chi connectivity index (χ0) is 15.8. The Morgan fingerprint density at radius 2 is 2.18 bits per heavy atom. The van der Waals surface area contributed by atoms with Gasteiger partial charge in [0.05, 0.1) is 19.4 Å². The molecular weight excluding hydrogens is 302 g/mol. The van der Waals surface area contributed by atoms with E-state index in [-0.39, 0.29) is 19.0 Å². The van der Waals surface area contributed by atoms with Crippen molar-refractivity contribution in [3.8, 4) is 0 Å². The van der Waals surface area contributed by atoms with Crippen LogP contribution in [0, 0.1) is 0 Å². The molecule has 6 nitrogen and oxygen atoms in total. The van der Waals surface area contributed by atoms with Gasteiger partial charge in [-0.05, 0) is 30.1 Å². The molecule has 0 saturated carbocycles. The van der Waals surface area contributed by atoms with Crippen molar-refractivity contribution >= 4 is 23.3 Å². The van der Waals surface area contributed by atoms with Crippen LogP contribution in [0.1, 0.15) is 17.6 Å². The Bertz CT molecular complexity index is 581. The second-order valence-corrected chi connectivity index (χ2v) is 5.73. The molecule has 0 aliphatic carbocycles. The summed E-state index contributed by atoms with van der Waals surface area (Å²) in [6, 6.07) is 6.98.